The smallest absolute Gasteiger partial charge is 0.0353 e. The van der Waals surface area contributed by atoms with Crippen molar-refractivity contribution in [2.75, 3.05) is 6.54 Å². The predicted octanol–water partition coefficient (Wildman–Crippen LogP) is 3.42. The molecule has 0 spiro atoms. The molecule has 1 fully saturated rings. The fraction of sp³-hybridized carbons (Fsp3) is 0.312. The van der Waals surface area contributed by atoms with E-state index in [4.69, 9.17) is 0 Å². The van der Waals surface area contributed by atoms with Gasteiger partial charge in [0.25, 0.3) is 0 Å². The van der Waals surface area contributed by atoms with Gasteiger partial charge in [-0.2, -0.15) is 0 Å². The zero-order valence-electron chi connectivity index (χ0n) is 10.5. The fourth-order valence-electron chi connectivity index (χ4n) is 2.80. The second-order valence-electron chi connectivity index (χ2n) is 4.89. The fourth-order valence-corrected chi connectivity index (χ4v) is 2.80. The van der Waals surface area contributed by atoms with Gasteiger partial charge in [0, 0.05) is 25.0 Å². The first-order valence-electron chi connectivity index (χ1n) is 6.61. The van der Waals surface area contributed by atoms with E-state index in [2.05, 4.69) is 52.3 Å². The predicted molar refractivity (Wildman–Crippen MR) is 73.1 cm³/mol. The summed E-state index contributed by atoms with van der Waals surface area (Å²) < 4.78 is 0. The Morgan fingerprint density at radius 1 is 1.06 bits per heavy atom. The number of hydrogen-bond acceptors (Lipinski definition) is 2. The van der Waals surface area contributed by atoms with E-state index in [1.807, 2.05) is 12.4 Å². The molecular formula is C16H18N2. The summed E-state index contributed by atoms with van der Waals surface area (Å²) in [5.74, 6) is 0. The summed E-state index contributed by atoms with van der Waals surface area (Å²) in [5, 5.41) is 0. The summed E-state index contributed by atoms with van der Waals surface area (Å²) in [6.07, 6.45) is 6.35. The lowest BCUT2D eigenvalue weighted by Crippen LogP contribution is -2.22. The first-order chi connectivity index (χ1) is 8.93. The average Bonchev–Trinajstić information content (AvgIpc) is 2.89. The van der Waals surface area contributed by atoms with Gasteiger partial charge in [-0.05, 0) is 42.6 Å². The van der Waals surface area contributed by atoms with Crippen molar-refractivity contribution in [3.8, 4) is 0 Å². The highest BCUT2D eigenvalue weighted by atomic mass is 15.2. The van der Waals surface area contributed by atoms with Gasteiger partial charge in [0.1, 0.15) is 0 Å². The maximum Gasteiger partial charge on any atom is 0.0353 e. The maximum absolute atomic E-state index is 4.11. The van der Waals surface area contributed by atoms with Crippen molar-refractivity contribution in [3.05, 3.63) is 66.0 Å². The Morgan fingerprint density at radius 3 is 2.61 bits per heavy atom. The number of aromatic nitrogens is 1. The third-order valence-corrected chi connectivity index (χ3v) is 3.68. The first kappa shape index (κ1) is 11.4. The molecule has 0 saturated carbocycles. The highest BCUT2D eigenvalue weighted by molar-refractivity contribution is 5.19. The van der Waals surface area contributed by atoms with Crippen molar-refractivity contribution in [2.45, 2.75) is 25.4 Å². The van der Waals surface area contributed by atoms with Crippen molar-refractivity contribution in [3.63, 3.8) is 0 Å². The molecule has 3 rings (SSSR count). The number of rotatable bonds is 3. The SMILES string of the molecule is c1ccc(CN2CCC[C@@H]2c2ccncc2)cc1. The van der Waals surface area contributed by atoms with Crippen LogP contribution in [0.5, 0.6) is 0 Å². The van der Waals surface area contributed by atoms with Crippen LogP contribution in [0.15, 0.2) is 54.9 Å². The van der Waals surface area contributed by atoms with Crippen LogP contribution < -0.4 is 0 Å². The summed E-state index contributed by atoms with van der Waals surface area (Å²) in [6.45, 7) is 2.25. The Kier molecular flexibility index (Phi) is 3.37. The van der Waals surface area contributed by atoms with E-state index in [1.165, 1.54) is 30.5 Å². The minimum atomic E-state index is 0.563. The molecule has 1 aromatic carbocycles. The lowest BCUT2D eigenvalue weighted by molar-refractivity contribution is 0.248. The van der Waals surface area contributed by atoms with Gasteiger partial charge in [0.05, 0.1) is 0 Å². The Morgan fingerprint density at radius 2 is 1.83 bits per heavy atom. The molecule has 18 heavy (non-hydrogen) atoms. The molecule has 0 N–H and O–H groups in total. The normalized spacial score (nSPS) is 20.1. The van der Waals surface area contributed by atoms with Crippen LogP contribution in [-0.4, -0.2) is 16.4 Å². The number of hydrogen-bond donors (Lipinski definition) is 0. The minimum Gasteiger partial charge on any atom is -0.292 e. The Balaban J connectivity index is 1.76. The molecule has 92 valence electrons. The van der Waals surface area contributed by atoms with E-state index in [0.717, 1.165) is 6.54 Å². The summed E-state index contributed by atoms with van der Waals surface area (Å²) in [5.41, 5.74) is 2.80. The van der Waals surface area contributed by atoms with Crippen LogP contribution in [0.4, 0.5) is 0 Å². The number of nitrogens with zero attached hydrogens (tertiary/aromatic N) is 2. The summed E-state index contributed by atoms with van der Waals surface area (Å²) in [4.78, 5) is 6.68. The molecule has 0 bridgehead atoms. The molecule has 2 nitrogen and oxygen atoms in total. The van der Waals surface area contributed by atoms with Gasteiger partial charge in [-0.1, -0.05) is 30.3 Å². The van der Waals surface area contributed by atoms with Gasteiger partial charge in [-0.3, -0.25) is 9.88 Å². The van der Waals surface area contributed by atoms with E-state index < -0.39 is 0 Å². The van der Waals surface area contributed by atoms with Crippen molar-refractivity contribution in [2.24, 2.45) is 0 Å². The van der Waals surface area contributed by atoms with Crippen molar-refractivity contribution in [1.29, 1.82) is 0 Å². The van der Waals surface area contributed by atoms with E-state index in [-0.39, 0.29) is 0 Å². The van der Waals surface area contributed by atoms with Gasteiger partial charge < -0.3 is 0 Å². The van der Waals surface area contributed by atoms with Crippen LogP contribution in [0.3, 0.4) is 0 Å². The van der Waals surface area contributed by atoms with E-state index in [0.29, 0.717) is 6.04 Å². The third kappa shape index (κ3) is 2.44. The standard InChI is InChI=1S/C16H18N2/c1-2-5-14(6-3-1)13-18-12-4-7-16(18)15-8-10-17-11-9-15/h1-3,5-6,8-11,16H,4,7,12-13H2/t16-/m1/s1. The van der Waals surface area contributed by atoms with Crippen molar-refractivity contribution >= 4 is 0 Å². The van der Waals surface area contributed by atoms with Crippen LogP contribution in [-0.2, 0) is 6.54 Å². The maximum atomic E-state index is 4.11. The molecule has 1 aliphatic rings. The van der Waals surface area contributed by atoms with Crippen molar-refractivity contribution < 1.29 is 0 Å². The first-order valence-corrected chi connectivity index (χ1v) is 6.61. The van der Waals surface area contributed by atoms with Crippen LogP contribution in [0.25, 0.3) is 0 Å². The zero-order chi connectivity index (χ0) is 12.2. The lowest BCUT2D eigenvalue weighted by atomic mass is 10.1. The van der Waals surface area contributed by atoms with E-state index >= 15 is 0 Å². The monoisotopic (exact) mass is 238 g/mol. The van der Waals surface area contributed by atoms with Gasteiger partial charge in [-0.15, -0.1) is 0 Å². The number of likely N-dealkylation sites (tertiary alicyclic amines) is 1. The Hall–Kier alpha value is -1.67. The zero-order valence-corrected chi connectivity index (χ0v) is 10.5. The largest absolute Gasteiger partial charge is 0.292 e. The molecule has 1 atom stereocenters. The molecule has 0 radical (unpaired) electrons. The van der Waals surface area contributed by atoms with Crippen LogP contribution >= 0.6 is 0 Å². The molecule has 0 amide bonds. The minimum absolute atomic E-state index is 0.563. The summed E-state index contributed by atoms with van der Waals surface area (Å²) in [7, 11) is 0. The molecule has 2 heterocycles. The van der Waals surface area contributed by atoms with E-state index in [9.17, 15) is 0 Å². The quantitative estimate of drug-likeness (QED) is 0.814. The van der Waals surface area contributed by atoms with Gasteiger partial charge in [0.2, 0.25) is 0 Å². The van der Waals surface area contributed by atoms with Gasteiger partial charge in [0.15, 0.2) is 0 Å². The Bertz CT molecular complexity index is 481. The molecule has 1 aliphatic heterocycles. The molecule has 1 aromatic heterocycles. The Labute approximate surface area is 108 Å². The molecule has 2 heteroatoms. The molecule has 2 aromatic rings. The summed E-state index contributed by atoms with van der Waals surface area (Å²) >= 11 is 0. The topological polar surface area (TPSA) is 16.1 Å². The average molecular weight is 238 g/mol. The molecular weight excluding hydrogens is 220 g/mol. The van der Waals surface area contributed by atoms with Crippen molar-refractivity contribution in [1.82, 2.24) is 9.88 Å². The number of pyridine rings is 1. The van der Waals surface area contributed by atoms with Crippen LogP contribution in [0, 0.1) is 0 Å². The molecule has 0 aliphatic carbocycles. The highest BCUT2D eigenvalue weighted by Gasteiger charge is 2.25. The van der Waals surface area contributed by atoms with Crippen LogP contribution in [0.1, 0.15) is 30.0 Å². The highest BCUT2D eigenvalue weighted by Crippen LogP contribution is 2.32. The molecule has 1 saturated heterocycles. The lowest BCUT2D eigenvalue weighted by Gasteiger charge is -2.24. The second kappa shape index (κ2) is 5.32. The van der Waals surface area contributed by atoms with Gasteiger partial charge in [-0.25, -0.2) is 0 Å². The molecule has 0 unspecified atom stereocenters. The third-order valence-electron chi connectivity index (χ3n) is 3.68. The van der Waals surface area contributed by atoms with Crippen LogP contribution in [0.2, 0.25) is 0 Å². The number of benzene rings is 1. The van der Waals surface area contributed by atoms with Gasteiger partial charge >= 0.3 is 0 Å². The summed E-state index contributed by atoms with van der Waals surface area (Å²) in [6, 6.07) is 15.6. The second-order valence-corrected chi connectivity index (χ2v) is 4.89. The van der Waals surface area contributed by atoms with E-state index in [1.54, 1.807) is 0 Å².